The Balaban J connectivity index is 2.50. The Bertz CT molecular complexity index is 297. The third kappa shape index (κ3) is 2.56. The first-order valence-corrected chi connectivity index (χ1v) is 4.34. The molecule has 0 radical (unpaired) electrons. The van der Waals surface area contributed by atoms with E-state index in [0.717, 1.165) is 12.4 Å². The van der Waals surface area contributed by atoms with Crippen LogP contribution in [0, 0.1) is 12.3 Å². The third-order valence-corrected chi connectivity index (χ3v) is 1.85. The topological polar surface area (TPSA) is 42.7 Å². The molecule has 1 aromatic rings. The van der Waals surface area contributed by atoms with Gasteiger partial charge in [-0.15, -0.1) is 16.6 Å². The molecule has 0 aliphatic rings. The van der Waals surface area contributed by atoms with E-state index in [9.17, 15) is 0 Å². The summed E-state index contributed by atoms with van der Waals surface area (Å²) in [7, 11) is 0. The molecule has 13 heavy (non-hydrogen) atoms. The molecule has 0 aliphatic heterocycles. The molecule has 1 rings (SSSR count). The van der Waals surface area contributed by atoms with Crippen LogP contribution >= 0.6 is 0 Å². The molecule has 0 aliphatic carbocycles. The minimum Gasteiger partial charge on any atom is -0.317 e. The van der Waals surface area contributed by atoms with Crippen LogP contribution in [0.1, 0.15) is 19.7 Å². The van der Waals surface area contributed by atoms with Gasteiger partial charge in [0.05, 0.1) is 12.6 Å². The van der Waals surface area contributed by atoms with E-state index in [2.05, 4.69) is 28.4 Å². The fourth-order valence-electron chi connectivity index (χ4n) is 0.983. The maximum absolute atomic E-state index is 5.23. The summed E-state index contributed by atoms with van der Waals surface area (Å²) in [6.07, 6.45) is 6.95. The van der Waals surface area contributed by atoms with Crippen molar-refractivity contribution in [1.29, 1.82) is 0 Å². The minimum absolute atomic E-state index is 0.0713. The van der Waals surface area contributed by atoms with Crippen molar-refractivity contribution in [3.63, 3.8) is 0 Å². The molecular weight excluding hydrogens is 164 g/mol. The monoisotopic (exact) mass is 178 g/mol. The molecule has 1 aromatic heterocycles. The van der Waals surface area contributed by atoms with Gasteiger partial charge in [0.1, 0.15) is 12.2 Å². The van der Waals surface area contributed by atoms with E-state index >= 15 is 0 Å². The summed E-state index contributed by atoms with van der Waals surface area (Å²) >= 11 is 0. The summed E-state index contributed by atoms with van der Waals surface area (Å²) in [6.45, 7) is 5.54. The van der Waals surface area contributed by atoms with Crippen molar-refractivity contribution >= 4 is 0 Å². The molecular formula is C9H14N4. The van der Waals surface area contributed by atoms with Crippen LogP contribution in [-0.4, -0.2) is 20.8 Å². The van der Waals surface area contributed by atoms with Gasteiger partial charge in [-0.05, 0) is 13.8 Å². The van der Waals surface area contributed by atoms with Gasteiger partial charge in [0.15, 0.2) is 0 Å². The van der Waals surface area contributed by atoms with Crippen molar-refractivity contribution in [3.8, 4) is 12.3 Å². The number of nitrogens with zero attached hydrogens (tertiary/aromatic N) is 3. The molecule has 0 bridgehead atoms. The van der Waals surface area contributed by atoms with E-state index in [0.29, 0.717) is 6.54 Å². The normalized spacial score (nSPS) is 12.4. The van der Waals surface area contributed by atoms with E-state index in [-0.39, 0.29) is 6.04 Å². The Morgan fingerprint density at radius 3 is 3.15 bits per heavy atom. The quantitative estimate of drug-likeness (QED) is 0.679. The molecule has 0 amide bonds. The standard InChI is InChI=1S/C9H14N4/c1-4-8(3)10-6-9-12-11-7-13(9)5-2/h1,7-8,10H,5-6H2,2-3H3. The molecule has 70 valence electrons. The van der Waals surface area contributed by atoms with Crippen LogP contribution in [0.25, 0.3) is 0 Å². The molecule has 0 aromatic carbocycles. The summed E-state index contributed by atoms with van der Waals surface area (Å²) in [5.74, 6) is 3.52. The molecule has 1 atom stereocenters. The molecule has 0 fully saturated rings. The number of aryl methyl sites for hydroxylation is 1. The van der Waals surface area contributed by atoms with Gasteiger partial charge in [-0.25, -0.2) is 0 Å². The summed E-state index contributed by atoms with van der Waals surface area (Å²) < 4.78 is 1.98. The number of terminal acetylenes is 1. The maximum Gasteiger partial charge on any atom is 0.146 e. The maximum atomic E-state index is 5.23. The van der Waals surface area contributed by atoms with Gasteiger partial charge in [0.25, 0.3) is 0 Å². The van der Waals surface area contributed by atoms with Gasteiger partial charge in [0.2, 0.25) is 0 Å². The van der Waals surface area contributed by atoms with Crippen molar-refractivity contribution in [3.05, 3.63) is 12.2 Å². The Morgan fingerprint density at radius 2 is 2.54 bits per heavy atom. The van der Waals surface area contributed by atoms with Gasteiger partial charge in [0, 0.05) is 6.54 Å². The lowest BCUT2D eigenvalue weighted by molar-refractivity contribution is 0.589. The number of aromatic nitrogens is 3. The highest BCUT2D eigenvalue weighted by atomic mass is 15.3. The van der Waals surface area contributed by atoms with Gasteiger partial charge in [-0.2, -0.15) is 0 Å². The lowest BCUT2D eigenvalue weighted by Crippen LogP contribution is -2.25. The fourth-order valence-corrected chi connectivity index (χ4v) is 0.983. The smallest absolute Gasteiger partial charge is 0.146 e. The highest BCUT2D eigenvalue weighted by molar-refractivity contribution is 4.97. The van der Waals surface area contributed by atoms with Crippen molar-refractivity contribution in [2.24, 2.45) is 0 Å². The van der Waals surface area contributed by atoms with Crippen LogP contribution in [0.5, 0.6) is 0 Å². The second-order valence-corrected chi connectivity index (χ2v) is 2.80. The van der Waals surface area contributed by atoms with Crippen LogP contribution in [-0.2, 0) is 13.1 Å². The zero-order chi connectivity index (χ0) is 9.68. The van der Waals surface area contributed by atoms with E-state index < -0.39 is 0 Å². The van der Waals surface area contributed by atoms with Crippen LogP contribution in [0.15, 0.2) is 6.33 Å². The summed E-state index contributed by atoms with van der Waals surface area (Å²) in [5.41, 5.74) is 0. The molecule has 4 nitrogen and oxygen atoms in total. The molecule has 1 heterocycles. The molecule has 1 N–H and O–H groups in total. The predicted molar refractivity (Wildman–Crippen MR) is 50.8 cm³/mol. The number of rotatable bonds is 4. The SMILES string of the molecule is C#CC(C)NCc1nncn1CC. The second-order valence-electron chi connectivity index (χ2n) is 2.80. The Labute approximate surface area is 78.4 Å². The minimum atomic E-state index is 0.0713. The summed E-state index contributed by atoms with van der Waals surface area (Å²) in [6, 6.07) is 0.0713. The highest BCUT2D eigenvalue weighted by Crippen LogP contribution is 1.94. The first-order valence-electron chi connectivity index (χ1n) is 4.34. The number of hydrogen-bond donors (Lipinski definition) is 1. The van der Waals surface area contributed by atoms with Crippen LogP contribution in [0.2, 0.25) is 0 Å². The predicted octanol–water partition coefficient (Wildman–Crippen LogP) is 0.409. The summed E-state index contributed by atoms with van der Waals surface area (Å²) in [4.78, 5) is 0. The van der Waals surface area contributed by atoms with Crippen molar-refractivity contribution in [2.75, 3.05) is 0 Å². The average molecular weight is 178 g/mol. The van der Waals surface area contributed by atoms with Crippen LogP contribution in [0.3, 0.4) is 0 Å². The van der Waals surface area contributed by atoms with Crippen molar-refractivity contribution in [2.45, 2.75) is 33.0 Å². The molecule has 0 saturated carbocycles. The van der Waals surface area contributed by atoms with E-state index in [1.54, 1.807) is 6.33 Å². The first kappa shape index (κ1) is 9.75. The molecule has 4 heteroatoms. The number of hydrogen-bond acceptors (Lipinski definition) is 3. The van der Waals surface area contributed by atoms with E-state index in [1.165, 1.54) is 0 Å². The Kier molecular flexibility index (Phi) is 3.47. The lowest BCUT2D eigenvalue weighted by Gasteiger charge is -2.07. The van der Waals surface area contributed by atoms with Crippen molar-refractivity contribution < 1.29 is 0 Å². The first-order chi connectivity index (χ1) is 6.27. The van der Waals surface area contributed by atoms with Gasteiger partial charge in [-0.3, -0.25) is 5.32 Å². The van der Waals surface area contributed by atoms with Crippen molar-refractivity contribution in [1.82, 2.24) is 20.1 Å². The fraction of sp³-hybridized carbons (Fsp3) is 0.556. The highest BCUT2D eigenvalue weighted by Gasteiger charge is 2.02. The third-order valence-electron chi connectivity index (χ3n) is 1.85. The summed E-state index contributed by atoms with van der Waals surface area (Å²) in [5, 5.41) is 10.9. The largest absolute Gasteiger partial charge is 0.317 e. The van der Waals surface area contributed by atoms with E-state index in [4.69, 9.17) is 6.42 Å². The van der Waals surface area contributed by atoms with Gasteiger partial charge in [-0.1, -0.05) is 5.92 Å². The second kappa shape index (κ2) is 4.63. The van der Waals surface area contributed by atoms with Crippen LogP contribution < -0.4 is 5.32 Å². The number of nitrogens with one attached hydrogen (secondary N) is 1. The van der Waals surface area contributed by atoms with Crippen LogP contribution in [0.4, 0.5) is 0 Å². The zero-order valence-corrected chi connectivity index (χ0v) is 7.99. The van der Waals surface area contributed by atoms with Gasteiger partial charge < -0.3 is 4.57 Å². The lowest BCUT2D eigenvalue weighted by atomic mass is 10.3. The van der Waals surface area contributed by atoms with E-state index in [1.807, 2.05) is 11.5 Å². The molecule has 0 spiro atoms. The Hall–Kier alpha value is -1.34. The van der Waals surface area contributed by atoms with Gasteiger partial charge >= 0.3 is 0 Å². The Morgan fingerprint density at radius 1 is 1.77 bits per heavy atom. The average Bonchev–Trinajstić information content (AvgIpc) is 2.61. The molecule has 0 saturated heterocycles. The zero-order valence-electron chi connectivity index (χ0n) is 7.99. The molecule has 1 unspecified atom stereocenters.